The Kier molecular flexibility index (Phi) is 10.8. The Morgan fingerprint density at radius 3 is 2.18 bits per heavy atom. The second-order valence-electron chi connectivity index (χ2n) is 7.34. The quantitative estimate of drug-likeness (QED) is 0.768. The van der Waals surface area contributed by atoms with Gasteiger partial charge in [-0.3, -0.25) is 14.5 Å². The van der Waals surface area contributed by atoms with Crippen LogP contribution in [0.1, 0.15) is 24.8 Å². The normalized spacial score (nSPS) is 18.6. The molecule has 28 heavy (non-hydrogen) atoms. The number of benzene rings is 1. The molecule has 1 unspecified atom stereocenters. The molecule has 0 aromatic heterocycles. The Morgan fingerprint density at radius 1 is 0.857 bits per heavy atom. The standard InChI is InChI=1S/C20H30N4O2.2ClH/c21-18(15-17-7-2-1-3-8-17)20(26)24-12-6-9-22(13-14-24)16-19(25)23-10-4-5-11-23;;/h1-3,7-8,18H,4-6,9-16,21H2;2*1H. The van der Waals surface area contributed by atoms with Crippen molar-refractivity contribution in [2.75, 3.05) is 45.8 Å². The van der Waals surface area contributed by atoms with E-state index in [0.717, 1.165) is 57.5 Å². The SMILES string of the molecule is Cl.Cl.NC(Cc1ccccc1)C(=O)N1CCCN(CC(=O)N2CCCC2)CC1. The van der Waals surface area contributed by atoms with Crippen LogP contribution in [0.4, 0.5) is 0 Å². The monoisotopic (exact) mass is 430 g/mol. The molecule has 0 saturated carbocycles. The van der Waals surface area contributed by atoms with E-state index in [1.54, 1.807) is 0 Å². The Balaban J connectivity index is 0.00000196. The zero-order valence-electron chi connectivity index (χ0n) is 16.3. The molecule has 0 bridgehead atoms. The van der Waals surface area contributed by atoms with Crippen molar-refractivity contribution in [1.29, 1.82) is 0 Å². The van der Waals surface area contributed by atoms with Crippen LogP contribution in [0.25, 0.3) is 0 Å². The maximum absolute atomic E-state index is 12.7. The van der Waals surface area contributed by atoms with Crippen molar-refractivity contribution in [2.45, 2.75) is 31.7 Å². The van der Waals surface area contributed by atoms with Gasteiger partial charge in [-0.25, -0.2) is 0 Å². The Hall–Kier alpha value is -1.34. The van der Waals surface area contributed by atoms with Gasteiger partial charge >= 0.3 is 0 Å². The van der Waals surface area contributed by atoms with Crippen LogP contribution in [0.3, 0.4) is 0 Å². The van der Waals surface area contributed by atoms with E-state index in [9.17, 15) is 9.59 Å². The third-order valence-corrected chi connectivity index (χ3v) is 5.33. The summed E-state index contributed by atoms with van der Waals surface area (Å²) in [5, 5.41) is 0. The summed E-state index contributed by atoms with van der Waals surface area (Å²) in [7, 11) is 0. The van der Waals surface area contributed by atoms with E-state index in [-0.39, 0.29) is 36.6 Å². The van der Waals surface area contributed by atoms with Crippen LogP contribution in [-0.2, 0) is 16.0 Å². The first-order chi connectivity index (χ1) is 12.6. The minimum absolute atomic E-state index is 0. The molecule has 8 heteroatoms. The number of nitrogens with zero attached hydrogens (tertiary/aromatic N) is 3. The summed E-state index contributed by atoms with van der Waals surface area (Å²) in [5.74, 6) is 0.240. The molecule has 1 atom stereocenters. The van der Waals surface area contributed by atoms with Gasteiger partial charge in [0.2, 0.25) is 11.8 Å². The molecule has 6 nitrogen and oxygen atoms in total. The van der Waals surface area contributed by atoms with Gasteiger partial charge in [-0.05, 0) is 31.2 Å². The first-order valence-corrected chi connectivity index (χ1v) is 9.72. The number of likely N-dealkylation sites (tertiary alicyclic amines) is 1. The Morgan fingerprint density at radius 2 is 1.50 bits per heavy atom. The van der Waals surface area contributed by atoms with Crippen molar-refractivity contribution < 1.29 is 9.59 Å². The number of halogens is 2. The first-order valence-electron chi connectivity index (χ1n) is 9.72. The van der Waals surface area contributed by atoms with Gasteiger partial charge in [0.1, 0.15) is 0 Å². The van der Waals surface area contributed by atoms with Crippen LogP contribution < -0.4 is 5.73 Å². The third-order valence-electron chi connectivity index (χ3n) is 5.33. The lowest BCUT2D eigenvalue weighted by molar-refractivity contribution is -0.132. The fourth-order valence-electron chi connectivity index (χ4n) is 3.80. The highest BCUT2D eigenvalue weighted by Crippen LogP contribution is 2.11. The molecule has 0 aliphatic carbocycles. The number of carbonyl (C=O) groups is 2. The van der Waals surface area contributed by atoms with E-state index in [2.05, 4.69) is 4.90 Å². The fourth-order valence-corrected chi connectivity index (χ4v) is 3.80. The van der Waals surface area contributed by atoms with Crippen LogP contribution in [-0.4, -0.2) is 78.4 Å². The van der Waals surface area contributed by atoms with E-state index >= 15 is 0 Å². The number of carbonyl (C=O) groups excluding carboxylic acids is 2. The van der Waals surface area contributed by atoms with Crippen molar-refractivity contribution >= 4 is 36.6 Å². The molecule has 1 aromatic rings. The van der Waals surface area contributed by atoms with Crippen LogP contribution in [0, 0.1) is 0 Å². The zero-order chi connectivity index (χ0) is 18.4. The van der Waals surface area contributed by atoms with Gasteiger partial charge in [0.05, 0.1) is 12.6 Å². The lowest BCUT2D eigenvalue weighted by Crippen LogP contribution is -2.46. The van der Waals surface area contributed by atoms with E-state index < -0.39 is 6.04 Å². The fraction of sp³-hybridized carbons (Fsp3) is 0.600. The second kappa shape index (κ2) is 12.3. The summed E-state index contributed by atoms with van der Waals surface area (Å²) in [6.07, 6.45) is 3.69. The van der Waals surface area contributed by atoms with Gasteiger partial charge < -0.3 is 15.5 Å². The van der Waals surface area contributed by atoms with Crippen LogP contribution in [0.2, 0.25) is 0 Å². The number of nitrogens with two attached hydrogens (primary N) is 1. The molecule has 1 aromatic carbocycles. The molecule has 3 rings (SSSR count). The molecule has 2 saturated heterocycles. The lowest BCUT2D eigenvalue weighted by Gasteiger charge is -2.25. The topological polar surface area (TPSA) is 69.9 Å². The summed E-state index contributed by atoms with van der Waals surface area (Å²) in [5.41, 5.74) is 7.25. The van der Waals surface area contributed by atoms with E-state index in [0.29, 0.717) is 19.5 Å². The highest BCUT2D eigenvalue weighted by molar-refractivity contribution is 5.85. The molecule has 158 valence electrons. The minimum Gasteiger partial charge on any atom is -0.342 e. The summed E-state index contributed by atoms with van der Waals surface area (Å²) in [6, 6.07) is 9.39. The molecule has 2 fully saturated rings. The lowest BCUT2D eigenvalue weighted by atomic mass is 10.1. The van der Waals surface area contributed by atoms with E-state index in [1.165, 1.54) is 0 Å². The maximum atomic E-state index is 12.7. The van der Waals surface area contributed by atoms with Gasteiger partial charge in [-0.1, -0.05) is 30.3 Å². The molecule has 0 radical (unpaired) electrons. The van der Waals surface area contributed by atoms with Crippen LogP contribution >= 0.6 is 24.8 Å². The van der Waals surface area contributed by atoms with Gasteiger partial charge in [-0.15, -0.1) is 24.8 Å². The number of rotatable bonds is 5. The predicted octanol–water partition coefficient (Wildman–Crippen LogP) is 1.56. The molecular weight excluding hydrogens is 399 g/mol. The van der Waals surface area contributed by atoms with Gasteiger partial charge in [0.15, 0.2) is 0 Å². The molecule has 2 amide bonds. The van der Waals surface area contributed by atoms with Crippen molar-refractivity contribution in [3.8, 4) is 0 Å². The summed E-state index contributed by atoms with van der Waals surface area (Å²) in [4.78, 5) is 31.0. The first kappa shape index (κ1) is 24.7. The van der Waals surface area contributed by atoms with Crippen LogP contribution in [0.5, 0.6) is 0 Å². The Bertz CT molecular complexity index is 611. The minimum atomic E-state index is -0.504. The van der Waals surface area contributed by atoms with Gasteiger partial charge in [0.25, 0.3) is 0 Å². The van der Waals surface area contributed by atoms with Gasteiger partial charge in [0, 0.05) is 39.3 Å². The highest BCUT2D eigenvalue weighted by Gasteiger charge is 2.26. The molecule has 2 aliphatic heterocycles. The average Bonchev–Trinajstić information content (AvgIpc) is 3.10. The maximum Gasteiger partial charge on any atom is 0.239 e. The summed E-state index contributed by atoms with van der Waals surface area (Å²) < 4.78 is 0. The molecule has 2 N–H and O–H groups in total. The van der Waals surface area contributed by atoms with Crippen molar-refractivity contribution in [3.63, 3.8) is 0 Å². The largest absolute Gasteiger partial charge is 0.342 e. The molecular formula is C20H32Cl2N4O2. The smallest absolute Gasteiger partial charge is 0.239 e. The summed E-state index contributed by atoms with van der Waals surface area (Å²) in [6.45, 7) is 5.22. The number of amides is 2. The highest BCUT2D eigenvalue weighted by atomic mass is 35.5. The second-order valence-corrected chi connectivity index (χ2v) is 7.34. The predicted molar refractivity (Wildman–Crippen MR) is 116 cm³/mol. The Labute approximate surface area is 180 Å². The number of hydrogen-bond donors (Lipinski definition) is 1. The van der Waals surface area contributed by atoms with Crippen molar-refractivity contribution in [2.24, 2.45) is 5.73 Å². The zero-order valence-corrected chi connectivity index (χ0v) is 17.9. The third kappa shape index (κ3) is 6.92. The van der Waals surface area contributed by atoms with Crippen LogP contribution in [0.15, 0.2) is 30.3 Å². The van der Waals surface area contributed by atoms with Crippen molar-refractivity contribution in [3.05, 3.63) is 35.9 Å². The van der Waals surface area contributed by atoms with Gasteiger partial charge in [-0.2, -0.15) is 0 Å². The van der Waals surface area contributed by atoms with Crippen molar-refractivity contribution in [1.82, 2.24) is 14.7 Å². The van der Waals surface area contributed by atoms with E-state index in [1.807, 2.05) is 40.1 Å². The average molecular weight is 431 g/mol. The molecule has 0 spiro atoms. The molecule has 2 aliphatic rings. The molecule has 2 heterocycles. The number of hydrogen-bond acceptors (Lipinski definition) is 4. The van der Waals surface area contributed by atoms with E-state index in [4.69, 9.17) is 5.73 Å². The summed E-state index contributed by atoms with van der Waals surface area (Å²) >= 11 is 0.